The molecule has 0 bridgehead atoms. The number of fused-ring (bicyclic) bond motifs is 1. The average molecular weight is 424 g/mol. The van der Waals surface area contributed by atoms with Gasteiger partial charge in [0.1, 0.15) is 5.69 Å². The molecule has 2 heterocycles. The number of aromatic nitrogens is 2. The highest BCUT2D eigenvalue weighted by atomic mass is 16.6. The molecule has 0 amide bonds. The second kappa shape index (κ2) is 9.32. The highest BCUT2D eigenvalue weighted by molar-refractivity contribution is 6.00. The Morgan fingerprint density at radius 3 is 2.58 bits per heavy atom. The van der Waals surface area contributed by atoms with Crippen LogP contribution in [0.2, 0.25) is 0 Å². The summed E-state index contributed by atoms with van der Waals surface area (Å²) in [6.45, 7) is 7.49. The molecule has 0 radical (unpaired) electrons. The van der Waals surface area contributed by atoms with Crippen LogP contribution >= 0.6 is 0 Å². The van der Waals surface area contributed by atoms with Crippen molar-refractivity contribution in [2.45, 2.75) is 46.1 Å². The van der Waals surface area contributed by atoms with Crippen LogP contribution in [0.3, 0.4) is 0 Å². The maximum Gasteiger partial charge on any atom is 0.323 e. The Kier molecular flexibility index (Phi) is 6.34. The van der Waals surface area contributed by atoms with Crippen LogP contribution in [0.1, 0.15) is 45.1 Å². The zero-order chi connectivity index (χ0) is 21.8. The van der Waals surface area contributed by atoms with Crippen molar-refractivity contribution in [1.82, 2.24) is 10.3 Å². The van der Waals surface area contributed by atoms with Crippen LogP contribution < -0.4 is 9.80 Å². The van der Waals surface area contributed by atoms with Crippen molar-refractivity contribution in [3.63, 3.8) is 0 Å². The Morgan fingerprint density at radius 1 is 1.19 bits per heavy atom. The number of piperidine rings is 1. The molecule has 1 saturated heterocycles. The van der Waals surface area contributed by atoms with E-state index in [4.69, 9.17) is 4.63 Å². The van der Waals surface area contributed by atoms with Gasteiger partial charge in [0.25, 0.3) is 0 Å². The topological polar surface area (TPSA) is 88.5 Å². The minimum Gasteiger partial charge on any atom is -0.366 e. The molecule has 0 N–H and O–H groups in total. The minimum absolute atomic E-state index is 0.00953. The highest BCUT2D eigenvalue weighted by Gasteiger charge is 2.31. The van der Waals surface area contributed by atoms with Gasteiger partial charge in [-0.05, 0) is 47.1 Å². The Bertz CT molecular complexity index is 1030. The van der Waals surface area contributed by atoms with Crippen molar-refractivity contribution >= 4 is 28.1 Å². The number of rotatable bonds is 8. The van der Waals surface area contributed by atoms with Crippen LogP contribution in [0.5, 0.6) is 0 Å². The van der Waals surface area contributed by atoms with Crippen LogP contribution in [-0.2, 0) is 6.54 Å². The van der Waals surface area contributed by atoms with Crippen molar-refractivity contribution in [2.24, 2.45) is 5.92 Å². The Morgan fingerprint density at radius 2 is 1.90 bits per heavy atom. The molecule has 1 fully saturated rings. The van der Waals surface area contributed by atoms with Gasteiger partial charge in [-0.15, -0.1) is 0 Å². The summed E-state index contributed by atoms with van der Waals surface area (Å²) in [5.74, 6) is 0.631. The predicted molar refractivity (Wildman–Crippen MR) is 121 cm³/mol. The van der Waals surface area contributed by atoms with Gasteiger partial charge in [0.05, 0.1) is 10.6 Å². The van der Waals surface area contributed by atoms with Crippen LogP contribution in [0.15, 0.2) is 41.0 Å². The summed E-state index contributed by atoms with van der Waals surface area (Å²) >= 11 is 0. The lowest BCUT2D eigenvalue weighted by molar-refractivity contribution is -0.382. The largest absolute Gasteiger partial charge is 0.366 e. The molecule has 1 aliphatic rings. The summed E-state index contributed by atoms with van der Waals surface area (Å²) in [5, 5.41) is 20.1. The minimum atomic E-state index is -0.350. The van der Waals surface area contributed by atoms with Crippen molar-refractivity contribution in [3.8, 4) is 0 Å². The first kappa shape index (κ1) is 21.1. The maximum absolute atomic E-state index is 12.0. The molecular weight excluding hydrogens is 394 g/mol. The smallest absolute Gasteiger partial charge is 0.323 e. The molecule has 0 aliphatic carbocycles. The fourth-order valence-electron chi connectivity index (χ4n) is 4.25. The van der Waals surface area contributed by atoms with E-state index < -0.39 is 0 Å². The van der Waals surface area contributed by atoms with Gasteiger partial charge in [-0.1, -0.05) is 50.6 Å². The van der Waals surface area contributed by atoms with Crippen LogP contribution in [0.4, 0.5) is 17.1 Å². The highest BCUT2D eigenvalue weighted by Crippen LogP contribution is 2.42. The fourth-order valence-corrected chi connectivity index (χ4v) is 4.25. The van der Waals surface area contributed by atoms with E-state index in [0.717, 1.165) is 51.0 Å². The molecule has 0 spiro atoms. The van der Waals surface area contributed by atoms with Crippen LogP contribution in [-0.4, -0.2) is 34.9 Å². The molecule has 4 rings (SSSR count). The van der Waals surface area contributed by atoms with Crippen molar-refractivity contribution < 1.29 is 9.55 Å². The number of hydrogen-bond donors (Lipinski definition) is 0. The van der Waals surface area contributed by atoms with Crippen molar-refractivity contribution in [1.29, 1.82) is 0 Å². The number of unbranched alkanes of at least 4 members (excludes halogenated alkanes) is 1. The number of nitro groups is 1. The van der Waals surface area contributed by atoms with Crippen molar-refractivity contribution in [3.05, 3.63) is 52.1 Å². The molecular formula is C23H29N5O3. The van der Waals surface area contributed by atoms with E-state index in [9.17, 15) is 10.1 Å². The molecule has 1 aromatic heterocycles. The third kappa shape index (κ3) is 4.47. The first-order valence-corrected chi connectivity index (χ1v) is 11.1. The summed E-state index contributed by atoms with van der Waals surface area (Å²) in [7, 11) is 0. The van der Waals surface area contributed by atoms with E-state index in [1.807, 2.05) is 24.3 Å². The van der Waals surface area contributed by atoms with Gasteiger partial charge in [-0.3, -0.25) is 10.1 Å². The number of benzene rings is 2. The average Bonchev–Trinajstić information content (AvgIpc) is 3.26. The molecule has 164 valence electrons. The molecule has 0 unspecified atom stereocenters. The molecule has 8 nitrogen and oxygen atoms in total. The maximum atomic E-state index is 12.0. The number of nitro benzene ring substituents is 1. The van der Waals surface area contributed by atoms with Crippen molar-refractivity contribution in [2.75, 3.05) is 29.4 Å². The third-order valence-corrected chi connectivity index (χ3v) is 6.12. The Labute approximate surface area is 181 Å². The summed E-state index contributed by atoms with van der Waals surface area (Å²) in [4.78, 5) is 16.1. The van der Waals surface area contributed by atoms with E-state index in [0.29, 0.717) is 23.7 Å². The Hall–Kier alpha value is -3.16. The second-order valence-corrected chi connectivity index (χ2v) is 8.41. The van der Waals surface area contributed by atoms with Gasteiger partial charge >= 0.3 is 5.69 Å². The van der Waals surface area contributed by atoms with Gasteiger partial charge in [0, 0.05) is 26.2 Å². The number of hydrogen-bond acceptors (Lipinski definition) is 7. The summed E-state index contributed by atoms with van der Waals surface area (Å²) in [6.07, 6.45) is 4.10. The van der Waals surface area contributed by atoms with Crippen LogP contribution in [0, 0.1) is 16.0 Å². The summed E-state index contributed by atoms with van der Waals surface area (Å²) < 4.78 is 5.01. The third-order valence-electron chi connectivity index (χ3n) is 6.12. The lowest BCUT2D eigenvalue weighted by Gasteiger charge is -2.33. The van der Waals surface area contributed by atoms with Gasteiger partial charge < -0.3 is 9.80 Å². The molecule has 8 heteroatoms. The van der Waals surface area contributed by atoms with Crippen LogP contribution in [0.25, 0.3) is 11.0 Å². The monoisotopic (exact) mass is 423 g/mol. The lowest BCUT2D eigenvalue weighted by atomic mass is 9.98. The van der Waals surface area contributed by atoms with E-state index in [1.54, 1.807) is 0 Å². The molecule has 31 heavy (non-hydrogen) atoms. The quantitative estimate of drug-likeness (QED) is 0.364. The second-order valence-electron chi connectivity index (χ2n) is 8.41. The van der Waals surface area contributed by atoms with E-state index in [2.05, 4.69) is 46.1 Å². The van der Waals surface area contributed by atoms with Gasteiger partial charge in [0.15, 0.2) is 5.52 Å². The SMILES string of the molecule is CCCCN(Cc1ccccc1)c1cc(N2CCC(C)CC2)c([N+](=O)[O-])c2nonc12. The standard InChI is InChI=1S/C23H29N5O3/c1-3-4-12-27(16-18-8-6-5-7-9-18)19-15-20(26-13-10-17(2)11-14-26)23(28(29)30)22-21(19)24-31-25-22/h5-9,15,17H,3-4,10-14,16H2,1-2H3. The van der Waals surface area contributed by atoms with E-state index in [-0.39, 0.29) is 16.1 Å². The Balaban J connectivity index is 1.82. The van der Waals surface area contributed by atoms with Gasteiger partial charge in [0.2, 0.25) is 5.52 Å². The fraction of sp³-hybridized carbons (Fsp3) is 0.478. The zero-order valence-corrected chi connectivity index (χ0v) is 18.2. The molecule has 0 saturated carbocycles. The molecule has 3 aromatic rings. The molecule has 1 aliphatic heterocycles. The lowest BCUT2D eigenvalue weighted by Crippen LogP contribution is -2.33. The van der Waals surface area contributed by atoms with E-state index >= 15 is 0 Å². The van der Waals surface area contributed by atoms with Gasteiger partial charge in [-0.25, -0.2) is 4.63 Å². The number of nitrogens with zero attached hydrogens (tertiary/aromatic N) is 5. The van der Waals surface area contributed by atoms with E-state index in [1.165, 1.54) is 5.56 Å². The summed E-state index contributed by atoms with van der Waals surface area (Å²) in [6, 6.07) is 12.2. The summed E-state index contributed by atoms with van der Waals surface area (Å²) in [5.41, 5.74) is 3.30. The number of anilines is 2. The molecule has 2 aromatic carbocycles. The normalized spacial score (nSPS) is 14.8. The molecule has 0 atom stereocenters. The zero-order valence-electron chi connectivity index (χ0n) is 18.2. The van der Waals surface area contributed by atoms with Gasteiger partial charge in [-0.2, -0.15) is 0 Å². The predicted octanol–water partition coefficient (Wildman–Crippen LogP) is 5.17. The first-order valence-electron chi connectivity index (χ1n) is 11.1. The first-order chi connectivity index (χ1) is 15.1.